The molecule has 0 rings (SSSR count). The molecule has 0 N–H and O–H groups in total. The Morgan fingerprint density at radius 3 is 0.918 bits per heavy atom. The zero-order valence-corrected chi connectivity index (χ0v) is 25.3. The Morgan fingerprint density at radius 1 is 0.469 bits per heavy atom. The number of ether oxygens (including phenoxy) is 2. The molecule has 0 spiro atoms. The summed E-state index contributed by atoms with van der Waals surface area (Å²) < 4.78 is 357. The minimum atomic E-state index is -8.11. The van der Waals surface area contributed by atoms with Crippen LogP contribution in [0.1, 0.15) is 0 Å². The Morgan fingerprint density at radius 2 is 0.714 bits per heavy atom. The van der Waals surface area contributed by atoms with Crippen LogP contribution in [0.3, 0.4) is 0 Å². The molecule has 32 heteroatoms. The molecule has 0 unspecified atom stereocenters. The largest absolute Gasteiger partial charge is 1.00 e. The summed E-state index contributed by atoms with van der Waals surface area (Å²) in [5.41, 5.74) is 0. The molecule has 0 aliphatic carbocycles. The number of alkyl halides is 24. The third-order valence-corrected chi connectivity index (χ3v) is 5.82. The van der Waals surface area contributed by atoms with Gasteiger partial charge in [-0.3, -0.25) is 4.18 Å². The van der Waals surface area contributed by atoms with Crippen molar-refractivity contribution in [1.29, 1.82) is 0 Å². The van der Waals surface area contributed by atoms with Crippen molar-refractivity contribution in [3.63, 3.8) is 0 Å². The summed E-state index contributed by atoms with van der Waals surface area (Å²) in [6.07, 6.45) is -15.1. The van der Waals surface area contributed by atoms with E-state index in [0.29, 0.717) is 0 Å². The quantitative estimate of drug-likeness (QED) is 0.0807. The molecular weight excluding hydrogens is 811 g/mol. The Bertz CT molecular complexity index is 1120. The van der Waals surface area contributed by atoms with Gasteiger partial charge in [-0.05, 0) is 0 Å². The van der Waals surface area contributed by atoms with Crippen LogP contribution in [-0.4, -0.2) is 118 Å². The summed E-state index contributed by atoms with van der Waals surface area (Å²) in [6.45, 7) is -12.0. The van der Waals surface area contributed by atoms with Crippen LogP contribution >= 0.6 is 0 Å². The van der Waals surface area contributed by atoms with Gasteiger partial charge in [0, 0.05) is 0 Å². The molecule has 0 aromatic rings. The van der Waals surface area contributed by atoms with Crippen molar-refractivity contribution in [2.75, 3.05) is 26.4 Å². The van der Waals surface area contributed by atoms with E-state index in [9.17, 15) is 118 Å². The molecule has 0 heterocycles. The zero-order chi connectivity index (χ0) is 39.2. The molecular formula is C17H11F24NaO6S. The van der Waals surface area contributed by atoms with E-state index in [1.165, 1.54) is 0 Å². The van der Waals surface area contributed by atoms with Crippen LogP contribution in [0.4, 0.5) is 105 Å². The van der Waals surface area contributed by atoms with Crippen molar-refractivity contribution in [3.8, 4) is 0 Å². The summed E-state index contributed by atoms with van der Waals surface area (Å²) in [7, 11) is -6.37. The number of rotatable bonds is 20. The summed E-state index contributed by atoms with van der Waals surface area (Å²) in [5.74, 6) is -76.6. The van der Waals surface area contributed by atoms with Crippen molar-refractivity contribution in [1.82, 2.24) is 0 Å². The van der Waals surface area contributed by atoms with E-state index < -0.39 is 115 Å². The van der Waals surface area contributed by atoms with Gasteiger partial charge in [0.05, 0.1) is 13.2 Å². The number of halogens is 24. The third-order valence-electron chi connectivity index (χ3n) is 5.31. The van der Waals surface area contributed by atoms with Crippen LogP contribution in [-0.2, 0) is 24.1 Å². The molecule has 0 fully saturated rings. The smallest absolute Gasteiger partial charge is 0.726 e. The van der Waals surface area contributed by atoms with E-state index >= 15 is 0 Å². The van der Waals surface area contributed by atoms with Gasteiger partial charge in [-0.15, -0.1) is 0 Å². The van der Waals surface area contributed by atoms with E-state index in [2.05, 4.69) is 13.7 Å². The van der Waals surface area contributed by atoms with Crippen molar-refractivity contribution in [2.45, 2.75) is 78.2 Å². The Hall–Kier alpha value is -0.890. The first-order valence-electron chi connectivity index (χ1n) is 10.8. The van der Waals surface area contributed by atoms with E-state index in [-0.39, 0.29) is 29.6 Å². The third kappa shape index (κ3) is 9.19. The molecule has 0 aromatic carbocycles. The average molecular weight is 822 g/mol. The van der Waals surface area contributed by atoms with Gasteiger partial charge in [0.15, 0.2) is 0 Å². The SMILES string of the molecule is O=S(=O)([O-])OC(COCC(F)(F)C(F)(F)C(F)(F)C(F)(F)C(F)(F)C(F)F)COCC(F)(F)C(F)(F)C(F)(F)C(F)(F)C(F)(F)C(F)F.[Na+]. The summed E-state index contributed by atoms with van der Waals surface area (Å²) >= 11 is 0. The molecule has 0 radical (unpaired) electrons. The average Bonchev–Trinajstić information content (AvgIpc) is 2.86. The fourth-order valence-corrected chi connectivity index (χ4v) is 3.08. The summed E-state index contributed by atoms with van der Waals surface area (Å²) in [5, 5.41) is 0. The molecule has 6 nitrogen and oxygen atoms in total. The van der Waals surface area contributed by atoms with Crippen LogP contribution in [0.5, 0.6) is 0 Å². The first-order valence-corrected chi connectivity index (χ1v) is 12.1. The van der Waals surface area contributed by atoms with Crippen molar-refractivity contribution < 1.29 is 162 Å². The zero-order valence-electron chi connectivity index (χ0n) is 22.5. The minimum Gasteiger partial charge on any atom is -0.726 e. The summed E-state index contributed by atoms with van der Waals surface area (Å²) in [6, 6.07) is 0. The van der Waals surface area contributed by atoms with Gasteiger partial charge in [-0.1, -0.05) is 0 Å². The first kappa shape index (κ1) is 50.2. The molecule has 0 amide bonds. The van der Waals surface area contributed by atoms with Gasteiger partial charge < -0.3 is 14.0 Å². The summed E-state index contributed by atoms with van der Waals surface area (Å²) in [4.78, 5) is 0. The predicted molar refractivity (Wildman–Crippen MR) is 97.7 cm³/mol. The van der Waals surface area contributed by atoms with E-state index in [0.717, 1.165) is 0 Å². The second-order valence-electron chi connectivity index (χ2n) is 8.86. The molecule has 49 heavy (non-hydrogen) atoms. The van der Waals surface area contributed by atoms with Crippen molar-refractivity contribution in [2.24, 2.45) is 0 Å². The predicted octanol–water partition coefficient (Wildman–Crippen LogP) is 3.75. The molecule has 0 aliphatic heterocycles. The van der Waals surface area contributed by atoms with E-state index in [1.54, 1.807) is 0 Å². The Balaban J connectivity index is 0. The Kier molecular flexibility index (Phi) is 15.6. The molecule has 290 valence electrons. The van der Waals surface area contributed by atoms with Crippen LogP contribution in [0.2, 0.25) is 0 Å². The Labute approximate surface area is 276 Å². The van der Waals surface area contributed by atoms with Gasteiger partial charge in [0.25, 0.3) is 0 Å². The number of hydrogen-bond donors (Lipinski definition) is 0. The maximum Gasteiger partial charge on any atom is 1.00 e. The van der Waals surface area contributed by atoms with E-state index in [1.807, 2.05) is 0 Å². The standard InChI is InChI=1S/C17H12F24O6S.Na/c18-6(19)10(26,27)14(34,35)16(38,39)12(30,31)8(22,23)3-45-1-5(47-48(42,43)44)2-46-4-9(24,25)13(32,33)17(40,41)15(36,37)11(28,29)7(20)21;/h5-7H,1-4H2,(H,42,43,44);/q;+1/p-1. The topological polar surface area (TPSA) is 84.9 Å². The van der Waals surface area contributed by atoms with Gasteiger partial charge in [-0.2, -0.15) is 87.8 Å². The fraction of sp³-hybridized carbons (Fsp3) is 1.00. The van der Waals surface area contributed by atoms with Gasteiger partial charge in [-0.25, -0.2) is 26.0 Å². The van der Waals surface area contributed by atoms with Crippen LogP contribution in [0, 0.1) is 0 Å². The fourth-order valence-electron chi connectivity index (χ4n) is 2.64. The van der Waals surface area contributed by atoms with Crippen LogP contribution < -0.4 is 29.6 Å². The van der Waals surface area contributed by atoms with Crippen LogP contribution in [0.25, 0.3) is 0 Å². The van der Waals surface area contributed by atoms with Crippen LogP contribution in [0.15, 0.2) is 0 Å². The maximum atomic E-state index is 13.7. The molecule has 0 aromatic heterocycles. The molecule has 0 saturated heterocycles. The van der Waals surface area contributed by atoms with E-state index in [4.69, 9.17) is 0 Å². The molecule has 0 aliphatic rings. The van der Waals surface area contributed by atoms with Gasteiger partial charge in [0.1, 0.15) is 19.3 Å². The van der Waals surface area contributed by atoms with Gasteiger partial charge in [0.2, 0.25) is 10.4 Å². The molecule has 0 atom stereocenters. The first-order chi connectivity index (χ1) is 20.7. The number of hydrogen-bond acceptors (Lipinski definition) is 6. The monoisotopic (exact) mass is 822 g/mol. The minimum absolute atomic E-state index is 0. The van der Waals surface area contributed by atoms with Crippen molar-refractivity contribution >= 4 is 10.4 Å². The second-order valence-corrected chi connectivity index (χ2v) is 9.87. The normalized spacial score (nSPS) is 15.8. The maximum absolute atomic E-state index is 13.7. The molecule has 0 bridgehead atoms. The second kappa shape index (κ2) is 15.2. The van der Waals surface area contributed by atoms with Crippen molar-refractivity contribution in [3.05, 3.63) is 0 Å². The molecule has 0 saturated carbocycles. The van der Waals surface area contributed by atoms with Gasteiger partial charge >= 0.3 is 102 Å².